The van der Waals surface area contributed by atoms with Crippen molar-refractivity contribution in [1.29, 1.82) is 0 Å². The molecule has 0 fully saturated rings. The Kier molecular flexibility index (Phi) is 3.75. The fourth-order valence-electron chi connectivity index (χ4n) is 2.01. The average Bonchev–Trinajstić information content (AvgIpc) is 2.55. The van der Waals surface area contributed by atoms with Crippen molar-refractivity contribution in [2.45, 2.75) is 9.79 Å². The van der Waals surface area contributed by atoms with Crippen LogP contribution in [-0.4, -0.2) is 16.0 Å². The molecule has 0 radical (unpaired) electrons. The Morgan fingerprint density at radius 3 is 2.48 bits per heavy atom. The Morgan fingerprint density at radius 1 is 1.00 bits per heavy atom. The van der Waals surface area contributed by atoms with Crippen LogP contribution in [0.3, 0.4) is 0 Å². The van der Waals surface area contributed by atoms with Crippen LogP contribution in [0.4, 0.5) is 0 Å². The fourth-order valence-corrected chi connectivity index (χ4v) is 2.85. The number of benzene rings is 2. The third kappa shape index (κ3) is 2.98. The predicted molar refractivity (Wildman–Crippen MR) is 84.8 cm³/mol. The fraction of sp³-hybridized carbons (Fsp3) is 0. The summed E-state index contributed by atoms with van der Waals surface area (Å²) in [6.07, 6.45) is 1.72. The minimum absolute atomic E-state index is 0.0113. The summed E-state index contributed by atoms with van der Waals surface area (Å²) in [7, 11) is 0. The van der Waals surface area contributed by atoms with Crippen molar-refractivity contribution in [3.05, 3.63) is 66.5 Å². The Hall–Kier alpha value is -2.53. The zero-order chi connectivity index (χ0) is 14.7. The van der Waals surface area contributed by atoms with Gasteiger partial charge in [0.25, 0.3) is 0 Å². The maximum Gasteiger partial charge on any atom is 0.188 e. The van der Waals surface area contributed by atoms with Crippen LogP contribution in [0.25, 0.3) is 10.8 Å². The molecule has 0 bridgehead atoms. The summed E-state index contributed by atoms with van der Waals surface area (Å²) >= 11 is 1.62. The van der Waals surface area contributed by atoms with Gasteiger partial charge in [-0.1, -0.05) is 47.2 Å². The number of aromatic nitrogens is 1. The number of pyridine rings is 1. The molecule has 4 nitrogen and oxygen atoms in total. The molecule has 3 N–H and O–H groups in total. The van der Waals surface area contributed by atoms with Crippen LogP contribution in [-0.2, 0) is 0 Å². The second-order valence-corrected chi connectivity index (χ2v) is 5.62. The second-order valence-electron chi connectivity index (χ2n) is 4.48. The Bertz CT molecular complexity index is 800. The molecule has 0 atom stereocenters. The zero-order valence-corrected chi connectivity index (χ0v) is 11.9. The van der Waals surface area contributed by atoms with Crippen LogP contribution >= 0.6 is 11.8 Å². The number of oxime groups is 1. The molecule has 0 saturated carbocycles. The van der Waals surface area contributed by atoms with Crippen molar-refractivity contribution >= 4 is 28.4 Å². The summed E-state index contributed by atoms with van der Waals surface area (Å²) in [4.78, 5) is 6.32. The monoisotopic (exact) mass is 295 g/mol. The van der Waals surface area contributed by atoms with Crippen LogP contribution < -0.4 is 5.73 Å². The first-order chi connectivity index (χ1) is 10.3. The minimum atomic E-state index is 0.0113. The van der Waals surface area contributed by atoms with E-state index in [2.05, 4.69) is 40.5 Å². The molecule has 0 spiro atoms. The zero-order valence-electron chi connectivity index (χ0n) is 11.1. The van der Waals surface area contributed by atoms with Crippen molar-refractivity contribution in [2.75, 3.05) is 0 Å². The third-order valence-corrected chi connectivity index (χ3v) is 4.03. The van der Waals surface area contributed by atoms with Gasteiger partial charge in [0.1, 0.15) is 5.69 Å². The quantitative estimate of drug-likeness (QED) is 0.336. The number of hydrogen-bond donors (Lipinski definition) is 2. The molecule has 0 saturated heterocycles. The lowest BCUT2D eigenvalue weighted by atomic mass is 10.1. The molecular weight excluding hydrogens is 282 g/mol. The van der Waals surface area contributed by atoms with Crippen LogP contribution in [0.1, 0.15) is 5.69 Å². The molecular formula is C16H13N3OS. The first-order valence-electron chi connectivity index (χ1n) is 6.37. The predicted octanol–water partition coefficient (Wildman–Crippen LogP) is 3.48. The van der Waals surface area contributed by atoms with Gasteiger partial charge in [-0.05, 0) is 35.0 Å². The summed E-state index contributed by atoms with van der Waals surface area (Å²) < 4.78 is 0. The van der Waals surface area contributed by atoms with E-state index in [9.17, 15) is 0 Å². The lowest BCUT2D eigenvalue weighted by Gasteiger charge is -2.04. The normalized spacial score (nSPS) is 11.7. The Labute approximate surface area is 126 Å². The van der Waals surface area contributed by atoms with Gasteiger partial charge in [-0.15, -0.1) is 0 Å². The first kappa shape index (κ1) is 13.5. The summed E-state index contributed by atoms with van der Waals surface area (Å²) in [5.74, 6) is 0.0113. The molecule has 3 rings (SSSR count). The third-order valence-electron chi connectivity index (χ3n) is 3.06. The molecule has 1 heterocycles. The van der Waals surface area contributed by atoms with Crippen LogP contribution in [0.15, 0.2) is 75.7 Å². The molecule has 21 heavy (non-hydrogen) atoms. The molecule has 0 aliphatic carbocycles. The summed E-state index contributed by atoms with van der Waals surface area (Å²) in [6.45, 7) is 0. The van der Waals surface area contributed by atoms with E-state index in [1.165, 1.54) is 10.8 Å². The average molecular weight is 295 g/mol. The number of nitrogens with two attached hydrogens (primary N) is 1. The largest absolute Gasteiger partial charge is 0.409 e. The van der Waals surface area contributed by atoms with E-state index in [1.54, 1.807) is 24.0 Å². The molecule has 5 heteroatoms. The topological polar surface area (TPSA) is 71.5 Å². The van der Waals surface area contributed by atoms with Gasteiger partial charge in [0, 0.05) is 16.0 Å². The number of rotatable bonds is 3. The van der Waals surface area contributed by atoms with E-state index < -0.39 is 0 Å². The summed E-state index contributed by atoms with van der Waals surface area (Å²) in [6, 6.07) is 18.2. The van der Waals surface area contributed by atoms with E-state index in [0.717, 1.165) is 9.79 Å². The number of nitrogens with zero attached hydrogens (tertiary/aromatic N) is 2. The molecule has 0 amide bonds. The molecule has 1 aromatic heterocycles. The Balaban J connectivity index is 1.84. The number of hydrogen-bond acceptors (Lipinski definition) is 4. The van der Waals surface area contributed by atoms with Crippen molar-refractivity contribution < 1.29 is 5.21 Å². The summed E-state index contributed by atoms with van der Waals surface area (Å²) in [5, 5.41) is 14.0. The number of fused-ring (bicyclic) bond motifs is 1. The van der Waals surface area contributed by atoms with Gasteiger partial charge in [0.05, 0.1) is 0 Å². The lowest BCUT2D eigenvalue weighted by Crippen LogP contribution is -2.14. The van der Waals surface area contributed by atoms with Crippen LogP contribution in [0.2, 0.25) is 0 Å². The molecule has 0 unspecified atom stereocenters. The van der Waals surface area contributed by atoms with Gasteiger partial charge in [-0.3, -0.25) is 4.98 Å². The van der Waals surface area contributed by atoms with Gasteiger partial charge in [-0.25, -0.2) is 0 Å². The van der Waals surface area contributed by atoms with Crippen LogP contribution in [0, 0.1) is 0 Å². The van der Waals surface area contributed by atoms with Gasteiger partial charge in [0.2, 0.25) is 0 Å². The molecule has 0 aliphatic rings. The standard InChI is InChI=1S/C16H13N3OS/c17-16(19-20)15-8-7-14(10-18-15)21-13-6-5-11-3-1-2-4-12(11)9-13/h1-10,20H,(H2,17,19). The Morgan fingerprint density at radius 2 is 1.76 bits per heavy atom. The van der Waals surface area contributed by atoms with Gasteiger partial charge >= 0.3 is 0 Å². The van der Waals surface area contributed by atoms with E-state index in [-0.39, 0.29) is 5.84 Å². The highest BCUT2D eigenvalue weighted by molar-refractivity contribution is 7.99. The van der Waals surface area contributed by atoms with Crippen molar-refractivity contribution in [3.8, 4) is 0 Å². The minimum Gasteiger partial charge on any atom is -0.409 e. The van der Waals surface area contributed by atoms with Gasteiger partial charge < -0.3 is 10.9 Å². The first-order valence-corrected chi connectivity index (χ1v) is 7.18. The van der Waals surface area contributed by atoms with E-state index in [1.807, 2.05) is 18.2 Å². The molecule has 104 valence electrons. The van der Waals surface area contributed by atoms with Gasteiger partial charge in [-0.2, -0.15) is 0 Å². The van der Waals surface area contributed by atoms with Gasteiger partial charge in [0.15, 0.2) is 5.84 Å². The lowest BCUT2D eigenvalue weighted by molar-refractivity contribution is 0.318. The SMILES string of the molecule is N/C(=N/O)c1ccc(Sc2ccc3ccccc3c2)cn1. The highest BCUT2D eigenvalue weighted by Crippen LogP contribution is 2.29. The maximum absolute atomic E-state index is 8.61. The number of amidine groups is 1. The summed E-state index contributed by atoms with van der Waals surface area (Å²) in [5.41, 5.74) is 5.95. The van der Waals surface area contributed by atoms with Crippen molar-refractivity contribution in [3.63, 3.8) is 0 Å². The van der Waals surface area contributed by atoms with E-state index in [4.69, 9.17) is 10.9 Å². The van der Waals surface area contributed by atoms with Crippen molar-refractivity contribution in [2.24, 2.45) is 10.9 Å². The van der Waals surface area contributed by atoms with Crippen molar-refractivity contribution in [1.82, 2.24) is 4.98 Å². The molecule has 3 aromatic rings. The van der Waals surface area contributed by atoms with Crippen LogP contribution in [0.5, 0.6) is 0 Å². The molecule has 0 aliphatic heterocycles. The van der Waals surface area contributed by atoms with E-state index in [0.29, 0.717) is 5.69 Å². The second kappa shape index (κ2) is 5.85. The highest BCUT2D eigenvalue weighted by atomic mass is 32.2. The smallest absolute Gasteiger partial charge is 0.188 e. The molecule has 2 aromatic carbocycles. The highest BCUT2D eigenvalue weighted by Gasteiger charge is 2.03. The van der Waals surface area contributed by atoms with E-state index >= 15 is 0 Å². The maximum atomic E-state index is 8.61.